The van der Waals surface area contributed by atoms with Gasteiger partial charge in [0, 0.05) is 12.2 Å². The van der Waals surface area contributed by atoms with E-state index < -0.39 is 6.89 Å². The highest BCUT2D eigenvalue weighted by atomic mass is 31.2. The van der Waals surface area contributed by atoms with E-state index in [1.807, 2.05) is 0 Å². The Labute approximate surface area is 194 Å². The van der Waals surface area contributed by atoms with Crippen LogP contribution in [0.15, 0.2) is 48.5 Å². The predicted molar refractivity (Wildman–Crippen MR) is 148 cm³/mol. The van der Waals surface area contributed by atoms with E-state index >= 15 is 0 Å². The molecule has 3 rings (SSSR count). The molecule has 174 valence electrons. The van der Waals surface area contributed by atoms with Gasteiger partial charge in [0.2, 0.25) is 0 Å². The van der Waals surface area contributed by atoms with Crippen molar-refractivity contribution in [2.75, 3.05) is 31.9 Å². The second kappa shape index (κ2) is 14.6. The van der Waals surface area contributed by atoms with Crippen LogP contribution in [-0.2, 0) is 6.42 Å². The summed E-state index contributed by atoms with van der Waals surface area (Å²) in [6, 6.07) is 18.0. The molecule has 0 radical (unpaired) electrons. The van der Waals surface area contributed by atoms with Crippen LogP contribution in [0.4, 0.5) is 5.69 Å². The average Bonchev–Trinajstić information content (AvgIpc) is 3.19. The summed E-state index contributed by atoms with van der Waals surface area (Å²) in [6.45, 7) is 15.6. The van der Waals surface area contributed by atoms with Crippen LogP contribution in [0.1, 0.15) is 75.5 Å². The SMILES string of the molecule is C=P(C)(C)C.CCC.CCC1CCC(c2ccc(NCCc3ccc(C)cc3)cc2)C1. The molecule has 1 nitrogen and oxygen atoms in total. The van der Waals surface area contributed by atoms with Gasteiger partial charge in [0.05, 0.1) is 0 Å². The Balaban J connectivity index is 0.000000519. The van der Waals surface area contributed by atoms with E-state index in [9.17, 15) is 0 Å². The standard InChI is InChI=1S/C22H29N.C4H11P.C3H8/c1-3-18-8-9-21(16-18)20-10-12-22(13-11-20)23-15-14-19-6-4-17(2)5-7-19;1-5(2,3)4;1-3-2/h4-7,10-13,18,21,23H,3,8-9,14-16H2,1-2H3;1H2,2-4H3;3H2,1-2H3. The van der Waals surface area contributed by atoms with Gasteiger partial charge >= 0.3 is 0 Å². The first-order chi connectivity index (χ1) is 14.7. The number of hydrogen-bond donors (Lipinski definition) is 1. The molecule has 2 aromatic carbocycles. The maximum absolute atomic E-state index is 3.88. The van der Waals surface area contributed by atoms with E-state index in [1.54, 1.807) is 0 Å². The zero-order valence-electron chi connectivity index (χ0n) is 21.4. The molecule has 0 heterocycles. The van der Waals surface area contributed by atoms with Gasteiger partial charge in [-0.3, -0.25) is 0 Å². The Morgan fingerprint density at radius 1 is 0.903 bits per heavy atom. The Hall–Kier alpha value is -1.46. The fraction of sp³-hybridized carbons (Fsp3) is 0.552. The van der Waals surface area contributed by atoms with E-state index in [0.717, 1.165) is 24.8 Å². The Bertz CT molecular complexity index is 746. The van der Waals surface area contributed by atoms with Gasteiger partial charge < -0.3 is 5.32 Å². The lowest BCUT2D eigenvalue weighted by molar-refractivity contribution is 0.521. The minimum absolute atomic E-state index is 0.639. The average molecular weight is 442 g/mol. The van der Waals surface area contributed by atoms with Gasteiger partial charge in [0.15, 0.2) is 0 Å². The fourth-order valence-corrected chi connectivity index (χ4v) is 3.73. The zero-order chi connectivity index (χ0) is 23.3. The molecule has 2 heteroatoms. The molecule has 2 aromatic rings. The molecule has 0 bridgehead atoms. The monoisotopic (exact) mass is 441 g/mol. The van der Waals surface area contributed by atoms with Gasteiger partial charge in [-0.1, -0.05) is 75.6 Å². The van der Waals surface area contributed by atoms with Crippen LogP contribution in [0, 0.1) is 12.8 Å². The molecule has 0 spiro atoms. The molecular formula is C29H48NP. The molecule has 1 aliphatic carbocycles. The van der Waals surface area contributed by atoms with Crippen LogP contribution in [0.25, 0.3) is 0 Å². The van der Waals surface area contributed by atoms with Gasteiger partial charge in [0.1, 0.15) is 0 Å². The predicted octanol–water partition coefficient (Wildman–Crippen LogP) is 8.69. The van der Waals surface area contributed by atoms with Crippen molar-refractivity contribution < 1.29 is 0 Å². The van der Waals surface area contributed by atoms with E-state index in [4.69, 9.17) is 0 Å². The van der Waals surface area contributed by atoms with Gasteiger partial charge in [-0.05, 0) is 87.7 Å². The maximum Gasteiger partial charge on any atom is 0.0340 e. The summed E-state index contributed by atoms with van der Waals surface area (Å²) in [5.74, 6) is 1.74. The lowest BCUT2D eigenvalue weighted by atomic mass is 9.95. The maximum atomic E-state index is 3.88. The molecule has 2 unspecified atom stereocenters. The molecule has 1 N–H and O–H groups in total. The molecule has 0 amide bonds. The molecule has 0 saturated heterocycles. The van der Waals surface area contributed by atoms with Crippen molar-refractivity contribution >= 4 is 18.9 Å². The normalized spacial score (nSPS) is 17.8. The van der Waals surface area contributed by atoms with Crippen molar-refractivity contribution in [3.8, 4) is 0 Å². The summed E-state index contributed by atoms with van der Waals surface area (Å²) in [4.78, 5) is 0. The summed E-state index contributed by atoms with van der Waals surface area (Å²) in [6.07, 6.45) is 11.7. The first kappa shape index (κ1) is 27.6. The van der Waals surface area contributed by atoms with E-state index in [2.05, 4.69) is 108 Å². The van der Waals surface area contributed by atoms with Gasteiger partial charge in [0.25, 0.3) is 0 Å². The van der Waals surface area contributed by atoms with Crippen LogP contribution in [0.3, 0.4) is 0 Å². The van der Waals surface area contributed by atoms with Crippen molar-refractivity contribution in [1.29, 1.82) is 0 Å². The molecule has 0 aliphatic heterocycles. The molecule has 1 aliphatic rings. The first-order valence-corrected chi connectivity index (χ1v) is 15.5. The third kappa shape index (κ3) is 12.9. The van der Waals surface area contributed by atoms with Crippen LogP contribution in [0.5, 0.6) is 0 Å². The van der Waals surface area contributed by atoms with Gasteiger partial charge in [-0.2, -0.15) is 0 Å². The Kier molecular flexibility index (Phi) is 13.0. The van der Waals surface area contributed by atoms with Crippen LogP contribution < -0.4 is 5.32 Å². The highest BCUT2D eigenvalue weighted by Crippen LogP contribution is 2.39. The van der Waals surface area contributed by atoms with Crippen LogP contribution >= 0.6 is 6.89 Å². The van der Waals surface area contributed by atoms with Crippen molar-refractivity contribution in [3.63, 3.8) is 0 Å². The van der Waals surface area contributed by atoms with Gasteiger partial charge in [-0.25, -0.2) is 0 Å². The zero-order valence-corrected chi connectivity index (χ0v) is 22.3. The fourth-order valence-electron chi connectivity index (χ4n) is 3.73. The Morgan fingerprint density at radius 2 is 1.45 bits per heavy atom. The number of rotatable bonds is 6. The van der Waals surface area contributed by atoms with E-state index in [1.165, 1.54) is 54.5 Å². The summed E-state index contributed by atoms with van der Waals surface area (Å²) in [5.41, 5.74) is 5.50. The second-order valence-corrected chi connectivity index (χ2v) is 14.6. The van der Waals surface area contributed by atoms with Crippen molar-refractivity contribution in [3.05, 3.63) is 65.2 Å². The second-order valence-electron chi connectivity index (χ2n) is 10.1. The highest BCUT2D eigenvalue weighted by molar-refractivity contribution is 7.71. The molecular weight excluding hydrogens is 393 g/mol. The molecule has 2 atom stereocenters. The molecule has 1 saturated carbocycles. The molecule has 0 aromatic heterocycles. The third-order valence-electron chi connectivity index (χ3n) is 5.36. The molecule has 31 heavy (non-hydrogen) atoms. The highest BCUT2D eigenvalue weighted by Gasteiger charge is 2.24. The summed E-state index contributed by atoms with van der Waals surface area (Å²) < 4.78 is 0. The largest absolute Gasteiger partial charge is 0.385 e. The lowest BCUT2D eigenvalue weighted by Gasteiger charge is -2.12. The molecule has 1 fully saturated rings. The number of hydrogen-bond acceptors (Lipinski definition) is 1. The van der Waals surface area contributed by atoms with Crippen LogP contribution in [-0.4, -0.2) is 32.8 Å². The number of nitrogens with one attached hydrogen (secondary N) is 1. The first-order valence-electron chi connectivity index (χ1n) is 12.2. The van der Waals surface area contributed by atoms with E-state index in [-0.39, 0.29) is 0 Å². The number of aryl methyl sites for hydroxylation is 1. The smallest absolute Gasteiger partial charge is 0.0340 e. The number of anilines is 1. The van der Waals surface area contributed by atoms with E-state index in [0.29, 0.717) is 0 Å². The minimum Gasteiger partial charge on any atom is -0.385 e. The quantitative estimate of drug-likeness (QED) is 0.442. The third-order valence-corrected chi connectivity index (χ3v) is 5.36. The lowest BCUT2D eigenvalue weighted by Crippen LogP contribution is -2.05. The number of benzene rings is 2. The van der Waals surface area contributed by atoms with Crippen molar-refractivity contribution in [1.82, 2.24) is 0 Å². The summed E-state index contributed by atoms with van der Waals surface area (Å²) in [5, 5.41) is 3.55. The Morgan fingerprint density at radius 3 is 1.94 bits per heavy atom. The van der Waals surface area contributed by atoms with Crippen molar-refractivity contribution in [2.24, 2.45) is 5.92 Å². The topological polar surface area (TPSA) is 12.0 Å². The summed E-state index contributed by atoms with van der Waals surface area (Å²) >= 11 is 0. The minimum atomic E-state index is -0.639. The van der Waals surface area contributed by atoms with Gasteiger partial charge in [-0.15, -0.1) is 13.2 Å². The summed E-state index contributed by atoms with van der Waals surface area (Å²) in [7, 11) is 0. The van der Waals surface area contributed by atoms with Crippen molar-refractivity contribution in [2.45, 2.75) is 72.1 Å². The van der Waals surface area contributed by atoms with Crippen LogP contribution in [0.2, 0.25) is 0 Å².